The van der Waals surface area contributed by atoms with Crippen LogP contribution in [-0.4, -0.2) is 15.0 Å². The van der Waals surface area contributed by atoms with E-state index in [9.17, 15) is 12.8 Å². The van der Waals surface area contributed by atoms with Gasteiger partial charge >= 0.3 is 0 Å². The average molecular weight is 313 g/mol. The quantitative estimate of drug-likeness (QED) is 0.783. The molecule has 1 aliphatic rings. The second kappa shape index (κ2) is 5.23. The van der Waals surface area contributed by atoms with Gasteiger partial charge in [-0.2, -0.15) is 0 Å². The molecule has 0 saturated heterocycles. The SMILES string of the molecule is O=S(=O)(Cl)Cc1cc(F)cc(Cl)c1OCC1CC1. The lowest BCUT2D eigenvalue weighted by Gasteiger charge is -2.12. The fourth-order valence-corrected chi connectivity index (χ4v) is 2.77. The number of rotatable bonds is 5. The van der Waals surface area contributed by atoms with Crippen molar-refractivity contribution in [3.8, 4) is 5.75 Å². The summed E-state index contributed by atoms with van der Waals surface area (Å²) < 4.78 is 40.8. The van der Waals surface area contributed by atoms with Gasteiger partial charge in [0, 0.05) is 16.2 Å². The van der Waals surface area contributed by atoms with Crippen LogP contribution in [0.2, 0.25) is 5.02 Å². The maximum atomic E-state index is 13.2. The Morgan fingerprint density at radius 3 is 2.61 bits per heavy atom. The van der Waals surface area contributed by atoms with Crippen LogP contribution < -0.4 is 4.74 Å². The van der Waals surface area contributed by atoms with E-state index in [4.69, 9.17) is 27.0 Å². The third-order valence-electron chi connectivity index (χ3n) is 2.57. The van der Waals surface area contributed by atoms with Crippen molar-refractivity contribution in [3.05, 3.63) is 28.5 Å². The van der Waals surface area contributed by atoms with Crippen LogP contribution in [0.1, 0.15) is 18.4 Å². The van der Waals surface area contributed by atoms with E-state index in [1.807, 2.05) is 0 Å². The highest BCUT2D eigenvalue weighted by Gasteiger charge is 2.24. The summed E-state index contributed by atoms with van der Waals surface area (Å²) in [5, 5.41) is 0.0611. The van der Waals surface area contributed by atoms with Crippen LogP contribution in [0.4, 0.5) is 4.39 Å². The third-order valence-corrected chi connectivity index (χ3v) is 3.84. The standard InChI is InChI=1S/C11H11Cl2FO3S/c12-10-4-9(14)3-8(6-18(13,15)16)11(10)17-5-7-1-2-7/h3-4,7H,1-2,5-6H2. The predicted octanol–water partition coefficient (Wildman–Crippen LogP) is 3.34. The molecule has 0 aromatic heterocycles. The van der Waals surface area contributed by atoms with Crippen molar-refractivity contribution in [1.29, 1.82) is 0 Å². The largest absolute Gasteiger partial charge is 0.491 e. The molecule has 0 radical (unpaired) electrons. The van der Waals surface area contributed by atoms with Crippen molar-refractivity contribution in [2.75, 3.05) is 6.61 Å². The first-order valence-electron chi connectivity index (χ1n) is 5.38. The number of hydrogen-bond acceptors (Lipinski definition) is 3. The minimum absolute atomic E-state index is 0.0611. The van der Waals surface area contributed by atoms with E-state index >= 15 is 0 Å². The summed E-state index contributed by atoms with van der Waals surface area (Å²) in [5.74, 6) is -0.443. The van der Waals surface area contributed by atoms with Crippen LogP contribution >= 0.6 is 22.3 Å². The molecule has 0 unspecified atom stereocenters. The van der Waals surface area contributed by atoms with Crippen molar-refractivity contribution >= 4 is 31.3 Å². The molecule has 1 fully saturated rings. The van der Waals surface area contributed by atoms with Gasteiger partial charge in [0.15, 0.2) is 0 Å². The summed E-state index contributed by atoms with van der Waals surface area (Å²) in [7, 11) is 1.38. The number of ether oxygens (including phenoxy) is 1. The van der Waals surface area contributed by atoms with Crippen molar-refractivity contribution < 1.29 is 17.5 Å². The Kier molecular flexibility index (Phi) is 4.04. The number of benzene rings is 1. The molecule has 1 aromatic carbocycles. The minimum atomic E-state index is -3.79. The van der Waals surface area contributed by atoms with Crippen molar-refractivity contribution in [2.45, 2.75) is 18.6 Å². The molecular formula is C11H11Cl2FO3S. The predicted molar refractivity (Wildman–Crippen MR) is 68.1 cm³/mol. The zero-order valence-corrected chi connectivity index (χ0v) is 11.7. The van der Waals surface area contributed by atoms with E-state index in [1.165, 1.54) is 0 Å². The first kappa shape index (κ1) is 13.9. The molecule has 7 heteroatoms. The molecule has 0 amide bonds. The van der Waals surface area contributed by atoms with Gasteiger partial charge in [-0.05, 0) is 30.9 Å². The molecule has 1 saturated carbocycles. The second-order valence-electron chi connectivity index (χ2n) is 4.31. The van der Waals surface area contributed by atoms with Crippen LogP contribution in [0.3, 0.4) is 0 Å². The third kappa shape index (κ3) is 4.00. The number of hydrogen-bond donors (Lipinski definition) is 0. The molecule has 1 aromatic rings. The second-order valence-corrected chi connectivity index (χ2v) is 7.50. The monoisotopic (exact) mass is 312 g/mol. The highest BCUT2D eigenvalue weighted by atomic mass is 35.7. The van der Waals surface area contributed by atoms with E-state index in [0.29, 0.717) is 12.5 Å². The van der Waals surface area contributed by atoms with Gasteiger partial charge in [-0.15, -0.1) is 0 Å². The molecule has 3 nitrogen and oxygen atoms in total. The lowest BCUT2D eigenvalue weighted by molar-refractivity contribution is 0.297. The Labute approximate surface area is 114 Å². The summed E-state index contributed by atoms with van der Waals surface area (Å²) in [4.78, 5) is 0. The summed E-state index contributed by atoms with van der Waals surface area (Å²) >= 11 is 5.86. The van der Waals surface area contributed by atoms with Crippen molar-refractivity contribution in [2.24, 2.45) is 5.92 Å². The highest BCUT2D eigenvalue weighted by Crippen LogP contribution is 2.35. The Bertz CT molecular complexity index is 556. The smallest absolute Gasteiger partial charge is 0.236 e. The van der Waals surface area contributed by atoms with E-state index in [-0.39, 0.29) is 16.3 Å². The fourth-order valence-electron chi connectivity index (χ4n) is 1.55. The summed E-state index contributed by atoms with van der Waals surface area (Å²) in [5.41, 5.74) is 0.149. The summed E-state index contributed by atoms with van der Waals surface area (Å²) in [6, 6.07) is 2.17. The molecule has 0 atom stereocenters. The summed E-state index contributed by atoms with van der Waals surface area (Å²) in [6.45, 7) is 0.459. The average Bonchev–Trinajstić information content (AvgIpc) is 2.97. The van der Waals surface area contributed by atoms with Gasteiger partial charge < -0.3 is 4.74 Å². The Morgan fingerprint density at radius 1 is 1.39 bits per heavy atom. The van der Waals surface area contributed by atoms with Crippen LogP contribution in [-0.2, 0) is 14.8 Å². The summed E-state index contributed by atoms with van der Waals surface area (Å²) in [6.07, 6.45) is 2.17. The van der Waals surface area contributed by atoms with Gasteiger partial charge in [-0.1, -0.05) is 11.6 Å². The maximum absolute atomic E-state index is 13.2. The molecule has 1 aliphatic carbocycles. The molecule has 0 aliphatic heterocycles. The van der Waals surface area contributed by atoms with E-state index < -0.39 is 20.6 Å². The molecule has 0 spiro atoms. The van der Waals surface area contributed by atoms with Crippen LogP contribution in [0, 0.1) is 11.7 Å². The zero-order chi connectivity index (χ0) is 13.3. The fraction of sp³-hybridized carbons (Fsp3) is 0.455. The Hall–Kier alpha value is -0.520. The zero-order valence-electron chi connectivity index (χ0n) is 9.33. The number of halogens is 3. The van der Waals surface area contributed by atoms with Gasteiger partial charge in [0.1, 0.15) is 11.6 Å². The van der Waals surface area contributed by atoms with E-state index in [2.05, 4.69) is 0 Å². The van der Waals surface area contributed by atoms with E-state index in [1.54, 1.807) is 0 Å². The first-order chi connectivity index (χ1) is 8.35. The topological polar surface area (TPSA) is 43.4 Å². The Balaban J connectivity index is 2.27. The van der Waals surface area contributed by atoms with Gasteiger partial charge in [0.05, 0.1) is 17.4 Å². The highest BCUT2D eigenvalue weighted by molar-refractivity contribution is 8.13. The van der Waals surface area contributed by atoms with Crippen molar-refractivity contribution in [3.63, 3.8) is 0 Å². The molecule has 2 rings (SSSR count). The minimum Gasteiger partial charge on any atom is -0.491 e. The molecule has 0 heterocycles. The molecule has 0 bridgehead atoms. The molecule has 18 heavy (non-hydrogen) atoms. The Morgan fingerprint density at radius 2 is 2.06 bits per heavy atom. The molecule has 100 valence electrons. The lowest BCUT2D eigenvalue weighted by atomic mass is 10.2. The van der Waals surface area contributed by atoms with E-state index in [0.717, 1.165) is 25.0 Å². The normalized spacial score (nSPS) is 15.7. The molecular weight excluding hydrogens is 302 g/mol. The van der Waals surface area contributed by atoms with Crippen molar-refractivity contribution in [1.82, 2.24) is 0 Å². The lowest BCUT2D eigenvalue weighted by Crippen LogP contribution is -2.05. The van der Waals surface area contributed by atoms with Gasteiger partial charge in [-0.25, -0.2) is 12.8 Å². The van der Waals surface area contributed by atoms with Crippen LogP contribution in [0.25, 0.3) is 0 Å². The van der Waals surface area contributed by atoms with Gasteiger partial charge in [0.2, 0.25) is 9.05 Å². The first-order valence-corrected chi connectivity index (χ1v) is 8.24. The van der Waals surface area contributed by atoms with Gasteiger partial charge in [-0.3, -0.25) is 0 Å². The van der Waals surface area contributed by atoms with Crippen LogP contribution in [0.5, 0.6) is 5.75 Å². The molecule has 0 N–H and O–H groups in total. The van der Waals surface area contributed by atoms with Crippen LogP contribution in [0.15, 0.2) is 12.1 Å². The maximum Gasteiger partial charge on any atom is 0.236 e. The van der Waals surface area contributed by atoms with Gasteiger partial charge in [0.25, 0.3) is 0 Å².